The number of likely N-dealkylation sites (N-methyl/N-ethyl adjacent to an activating group) is 1. The molecule has 0 amide bonds. The highest BCUT2D eigenvalue weighted by Gasteiger charge is 2.10. The van der Waals surface area contributed by atoms with Crippen molar-refractivity contribution in [1.29, 1.82) is 0 Å². The van der Waals surface area contributed by atoms with E-state index in [9.17, 15) is 5.11 Å². The summed E-state index contributed by atoms with van der Waals surface area (Å²) in [5.41, 5.74) is 2.43. The Balaban J connectivity index is 2.04. The van der Waals surface area contributed by atoms with Crippen molar-refractivity contribution in [2.45, 2.75) is 25.8 Å². The fourth-order valence-corrected chi connectivity index (χ4v) is 2.52. The van der Waals surface area contributed by atoms with Crippen LogP contribution < -0.4 is 10.1 Å². The molecule has 0 radical (unpaired) electrons. The highest BCUT2D eigenvalue weighted by atomic mass is 16.5. The Hall–Kier alpha value is -2.00. The smallest absolute Gasteiger partial charge is 0.118 e. The monoisotopic (exact) mass is 285 g/mol. The maximum absolute atomic E-state index is 9.57. The highest BCUT2D eigenvalue weighted by molar-refractivity contribution is 5.30. The molecule has 0 aromatic heterocycles. The van der Waals surface area contributed by atoms with Crippen molar-refractivity contribution in [1.82, 2.24) is 5.32 Å². The Kier molecular flexibility index (Phi) is 5.64. The van der Waals surface area contributed by atoms with Crippen LogP contribution in [0.5, 0.6) is 11.5 Å². The van der Waals surface area contributed by atoms with E-state index in [-0.39, 0.29) is 0 Å². The number of benzene rings is 2. The molecule has 3 heteroatoms. The zero-order valence-corrected chi connectivity index (χ0v) is 12.7. The molecular formula is C18H23NO2. The molecule has 2 rings (SSSR count). The summed E-state index contributed by atoms with van der Waals surface area (Å²) in [4.78, 5) is 0. The Bertz CT molecular complexity index is 551. The molecular weight excluding hydrogens is 262 g/mol. The average Bonchev–Trinajstić information content (AvgIpc) is 2.48. The summed E-state index contributed by atoms with van der Waals surface area (Å²) in [6.45, 7) is 3.04. The van der Waals surface area contributed by atoms with E-state index in [4.69, 9.17) is 4.74 Å². The molecule has 0 aliphatic carbocycles. The lowest BCUT2D eigenvalue weighted by atomic mass is 9.98. The first kappa shape index (κ1) is 15.4. The number of ether oxygens (including phenoxy) is 1. The lowest BCUT2D eigenvalue weighted by molar-refractivity contribution is 0.414. The van der Waals surface area contributed by atoms with Crippen LogP contribution in [0, 0.1) is 0 Å². The van der Waals surface area contributed by atoms with Crippen LogP contribution in [0.3, 0.4) is 0 Å². The van der Waals surface area contributed by atoms with Gasteiger partial charge in [0.15, 0.2) is 0 Å². The van der Waals surface area contributed by atoms with E-state index >= 15 is 0 Å². The summed E-state index contributed by atoms with van der Waals surface area (Å²) in [6, 6.07) is 16.0. The molecule has 0 heterocycles. The van der Waals surface area contributed by atoms with Crippen molar-refractivity contribution < 1.29 is 9.84 Å². The lowest BCUT2D eigenvalue weighted by Gasteiger charge is -2.18. The second kappa shape index (κ2) is 7.70. The van der Waals surface area contributed by atoms with Crippen LogP contribution >= 0.6 is 0 Å². The first-order chi connectivity index (χ1) is 10.2. The molecule has 0 saturated carbocycles. The van der Waals surface area contributed by atoms with Gasteiger partial charge in [0.25, 0.3) is 0 Å². The van der Waals surface area contributed by atoms with Crippen LogP contribution in [0.2, 0.25) is 0 Å². The van der Waals surface area contributed by atoms with Gasteiger partial charge in [-0.1, -0.05) is 31.2 Å². The van der Waals surface area contributed by atoms with Crippen LogP contribution in [0.4, 0.5) is 0 Å². The molecule has 2 aromatic carbocycles. The normalized spacial score (nSPS) is 12.1. The lowest BCUT2D eigenvalue weighted by Crippen LogP contribution is -2.33. The molecule has 0 aliphatic heterocycles. The van der Waals surface area contributed by atoms with Crippen molar-refractivity contribution >= 4 is 0 Å². The van der Waals surface area contributed by atoms with Crippen molar-refractivity contribution in [2.75, 3.05) is 13.7 Å². The molecule has 0 spiro atoms. The SMILES string of the molecule is CCNC(Cc1ccc(OC)cc1)Cc1cccc(O)c1. The van der Waals surface area contributed by atoms with E-state index in [2.05, 4.69) is 30.4 Å². The largest absolute Gasteiger partial charge is 0.508 e. The van der Waals surface area contributed by atoms with E-state index in [1.54, 1.807) is 13.2 Å². The Labute approximate surface area is 126 Å². The number of aromatic hydroxyl groups is 1. The molecule has 112 valence electrons. The minimum absolute atomic E-state index is 0.326. The summed E-state index contributed by atoms with van der Waals surface area (Å²) in [7, 11) is 1.68. The summed E-state index contributed by atoms with van der Waals surface area (Å²) >= 11 is 0. The van der Waals surface area contributed by atoms with Crippen molar-refractivity contribution in [3.8, 4) is 11.5 Å². The van der Waals surface area contributed by atoms with Gasteiger partial charge in [-0.05, 0) is 54.8 Å². The fourth-order valence-electron chi connectivity index (χ4n) is 2.52. The predicted octanol–water partition coefficient (Wildman–Crippen LogP) is 3.16. The van der Waals surface area contributed by atoms with E-state index in [1.807, 2.05) is 24.3 Å². The average molecular weight is 285 g/mol. The van der Waals surface area contributed by atoms with Gasteiger partial charge in [-0.15, -0.1) is 0 Å². The molecule has 0 aliphatic rings. The van der Waals surface area contributed by atoms with Crippen LogP contribution in [-0.2, 0) is 12.8 Å². The van der Waals surface area contributed by atoms with Gasteiger partial charge in [-0.25, -0.2) is 0 Å². The zero-order chi connectivity index (χ0) is 15.1. The number of rotatable bonds is 7. The molecule has 2 aromatic rings. The van der Waals surface area contributed by atoms with E-state index < -0.39 is 0 Å². The van der Waals surface area contributed by atoms with Gasteiger partial charge in [0, 0.05) is 6.04 Å². The molecule has 21 heavy (non-hydrogen) atoms. The fraction of sp³-hybridized carbons (Fsp3) is 0.333. The molecule has 0 fully saturated rings. The minimum atomic E-state index is 0.326. The zero-order valence-electron chi connectivity index (χ0n) is 12.7. The second-order valence-electron chi connectivity index (χ2n) is 5.18. The maximum Gasteiger partial charge on any atom is 0.118 e. The van der Waals surface area contributed by atoms with Crippen LogP contribution in [0.25, 0.3) is 0 Å². The molecule has 2 N–H and O–H groups in total. The minimum Gasteiger partial charge on any atom is -0.508 e. The molecule has 0 bridgehead atoms. The Morgan fingerprint density at radius 1 is 1.05 bits per heavy atom. The van der Waals surface area contributed by atoms with Crippen molar-refractivity contribution in [3.63, 3.8) is 0 Å². The number of phenols is 1. The van der Waals surface area contributed by atoms with E-state index in [0.29, 0.717) is 11.8 Å². The van der Waals surface area contributed by atoms with Gasteiger partial charge in [0.05, 0.1) is 7.11 Å². The van der Waals surface area contributed by atoms with Gasteiger partial charge < -0.3 is 15.2 Å². The third-order valence-corrected chi connectivity index (χ3v) is 3.53. The number of hydrogen-bond donors (Lipinski definition) is 2. The highest BCUT2D eigenvalue weighted by Crippen LogP contribution is 2.16. The summed E-state index contributed by atoms with van der Waals surface area (Å²) in [6.07, 6.45) is 1.85. The predicted molar refractivity (Wildman–Crippen MR) is 86.0 cm³/mol. The third-order valence-electron chi connectivity index (χ3n) is 3.53. The number of hydrogen-bond acceptors (Lipinski definition) is 3. The van der Waals surface area contributed by atoms with Crippen molar-refractivity contribution in [3.05, 3.63) is 59.7 Å². The van der Waals surface area contributed by atoms with Gasteiger partial charge in [-0.3, -0.25) is 0 Å². The van der Waals surface area contributed by atoms with E-state index in [0.717, 1.165) is 30.7 Å². The van der Waals surface area contributed by atoms with Gasteiger partial charge in [0.2, 0.25) is 0 Å². The molecule has 0 saturated heterocycles. The number of nitrogens with one attached hydrogen (secondary N) is 1. The Morgan fingerprint density at radius 3 is 2.38 bits per heavy atom. The van der Waals surface area contributed by atoms with E-state index in [1.165, 1.54) is 5.56 Å². The van der Waals surface area contributed by atoms with Gasteiger partial charge in [-0.2, -0.15) is 0 Å². The second-order valence-corrected chi connectivity index (χ2v) is 5.18. The first-order valence-corrected chi connectivity index (χ1v) is 7.35. The van der Waals surface area contributed by atoms with Crippen molar-refractivity contribution in [2.24, 2.45) is 0 Å². The topological polar surface area (TPSA) is 41.5 Å². The molecule has 1 unspecified atom stereocenters. The maximum atomic E-state index is 9.57. The quantitative estimate of drug-likeness (QED) is 0.821. The summed E-state index contributed by atoms with van der Waals surface area (Å²) < 4.78 is 5.19. The van der Waals surface area contributed by atoms with Gasteiger partial charge in [0.1, 0.15) is 11.5 Å². The first-order valence-electron chi connectivity index (χ1n) is 7.35. The van der Waals surface area contributed by atoms with Crippen LogP contribution in [0.1, 0.15) is 18.1 Å². The van der Waals surface area contributed by atoms with Crippen LogP contribution in [-0.4, -0.2) is 24.8 Å². The molecule has 1 atom stereocenters. The Morgan fingerprint density at radius 2 is 1.76 bits per heavy atom. The summed E-state index contributed by atoms with van der Waals surface area (Å²) in [5, 5.41) is 13.1. The van der Waals surface area contributed by atoms with Crippen LogP contribution in [0.15, 0.2) is 48.5 Å². The number of phenolic OH excluding ortho intramolecular Hbond substituents is 1. The number of methoxy groups -OCH3 is 1. The third kappa shape index (κ3) is 4.80. The molecule has 3 nitrogen and oxygen atoms in total. The summed E-state index contributed by atoms with van der Waals surface area (Å²) in [5.74, 6) is 1.21. The van der Waals surface area contributed by atoms with Gasteiger partial charge >= 0.3 is 0 Å². The standard InChI is InChI=1S/C18H23NO2/c1-3-19-16(12-15-5-4-6-17(20)13-15)11-14-7-9-18(21-2)10-8-14/h4-10,13,16,19-20H,3,11-12H2,1-2H3.